The van der Waals surface area contributed by atoms with Crippen molar-refractivity contribution in [2.75, 3.05) is 26.9 Å². The highest BCUT2D eigenvalue weighted by Gasteiger charge is 2.11. The van der Waals surface area contributed by atoms with E-state index < -0.39 is 0 Å². The molecule has 6 heteroatoms. The highest BCUT2D eigenvalue weighted by molar-refractivity contribution is 9.10. The molecule has 0 saturated heterocycles. The molecule has 28 heavy (non-hydrogen) atoms. The topological polar surface area (TPSA) is 65.0 Å². The lowest BCUT2D eigenvalue weighted by atomic mass is 10.1. The Hall–Kier alpha value is -2.05. The lowest BCUT2D eigenvalue weighted by Gasteiger charge is -2.12. The third-order valence-electron chi connectivity index (χ3n) is 3.65. The molecule has 0 aliphatic carbocycles. The first-order chi connectivity index (χ1) is 13.5. The van der Waals surface area contributed by atoms with Crippen molar-refractivity contribution in [1.29, 1.82) is 0 Å². The Morgan fingerprint density at radius 2 is 2.04 bits per heavy atom. The van der Waals surface area contributed by atoms with E-state index in [0.717, 1.165) is 28.5 Å². The molecule has 0 unspecified atom stereocenters. The number of hydrogen-bond acceptors (Lipinski definition) is 5. The molecule has 1 N–H and O–H groups in total. The summed E-state index contributed by atoms with van der Waals surface area (Å²) < 4.78 is 16.8. The fourth-order valence-corrected chi connectivity index (χ4v) is 2.66. The van der Waals surface area contributed by atoms with E-state index in [-0.39, 0.29) is 24.8 Å². The average Bonchev–Trinajstić information content (AvgIpc) is 2.65. The van der Waals surface area contributed by atoms with Gasteiger partial charge < -0.3 is 19.3 Å². The zero-order chi connectivity index (χ0) is 20.8. The van der Waals surface area contributed by atoms with Gasteiger partial charge in [-0.25, -0.2) is 0 Å². The maximum Gasteiger partial charge on any atom is 0.310 e. The first-order valence-corrected chi connectivity index (χ1v) is 10.1. The van der Waals surface area contributed by atoms with Gasteiger partial charge in [0.15, 0.2) is 0 Å². The van der Waals surface area contributed by atoms with Crippen molar-refractivity contribution in [3.05, 3.63) is 63.9 Å². The van der Waals surface area contributed by atoms with Gasteiger partial charge in [0, 0.05) is 17.1 Å². The quantitative estimate of drug-likeness (QED) is 0.264. The number of unbranched alkanes of at least 4 members (excludes halogenated alkanes) is 1. The van der Waals surface area contributed by atoms with Crippen LogP contribution in [0.5, 0.6) is 5.75 Å². The second kappa shape index (κ2) is 14.0. The number of rotatable bonds is 12. The molecule has 0 aliphatic heterocycles. The third-order valence-corrected chi connectivity index (χ3v) is 4.14. The van der Waals surface area contributed by atoms with Crippen molar-refractivity contribution >= 4 is 21.9 Å². The van der Waals surface area contributed by atoms with Gasteiger partial charge in [0.2, 0.25) is 0 Å². The zero-order valence-electron chi connectivity index (χ0n) is 16.7. The molecule has 0 atom stereocenters. The Bertz CT molecular complexity index is 707. The lowest BCUT2D eigenvalue weighted by molar-refractivity contribution is -0.142. The van der Waals surface area contributed by atoms with Gasteiger partial charge in [-0.15, -0.1) is 0 Å². The first kappa shape index (κ1) is 24.0. The molecular formula is C22H29BrO5. The maximum absolute atomic E-state index is 11.8. The van der Waals surface area contributed by atoms with Crippen LogP contribution in [0.1, 0.15) is 32.3 Å². The number of methoxy groups -OCH3 is 1. The van der Waals surface area contributed by atoms with Crippen molar-refractivity contribution in [3.8, 4) is 5.75 Å². The van der Waals surface area contributed by atoms with Crippen LogP contribution in [-0.4, -0.2) is 38.0 Å². The molecule has 0 aliphatic rings. The van der Waals surface area contributed by atoms with Gasteiger partial charge >= 0.3 is 5.97 Å². The van der Waals surface area contributed by atoms with Crippen LogP contribution in [0.3, 0.4) is 0 Å². The Kier molecular flexibility index (Phi) is 12.0. The van der Waals surface area contributed by atoms with Gasteiger partial charge in [-0.1, -0.05) is 53.6 Å². The predicted octanol–water partition coefficient (Wildman–Crippen LogP) is 5.30. The monoisotopic (exact) mass is 452 g/mol. The fourth-order valence-electron chi connectivity index (χ4n) is 2.32. The van der Waals surface area contributed by atoms with E-state index in [4.69, 9.17) is 14.2 Å². The van der Waals surface area contributed by atoms with Crippen LogP contribution in [0.2, 0.25) is 0 Å². The number of carbonyl (C=O) groups excluding carboxylic acids is 1. The van der Waals surface area contributed by atoms with Gasteiger partial charge in [0.05, 0.1) is 13.0 Å². The molecular weight excluding hydrogens is 424 g/mol. The van der Waals surface area contributed by atoms with E-state index in [1.807, 2.05) is 24.3 Å². The number of carbonyl (C=O) groups is 1. The second-order valence-corrected chi connectivity index (χ2v) is 6.96. The van der Waals surface area contributed by atoms with E-state index in [0.29, 0.717) is 19.0 Å². The number of aliphatic hydroxyl groups excluding tert-OH is 1. The van der Waals surface area contributed by atoms with E-state index in [9.17, 15) is 9.90 Å². The van der Waals surface area contributed by atoms with Crippen LogP contribution in [0.25, 0.3) is 0 Å². The van der Waals surface area contributed by atoms with Crippen molar-refractivity contribution in [2.45, 2.75) is 33.1 Å². The number of ether oxygens (including phenoxy) is 3. The third kappa shape index (κ3) is 9.76. The summed E-state index contributed by atoms with van der Waals surface area (Å²) in [5.74, 6) is 0.504. The van der Waals surface area contributed by atoms with E-state index in [1.54, 1.807) is 19.1 Å². The molecule has 0 fully saturated rings. The normalized spacial score (nSPS) is 12.4. The molecule has 0 amide bonds. The molecule has 0 aromatic heterocycles. The molecule has 0 bridgehead atoms. The van der Waals surface area contributed by atoms with Gasteiger partial charge in [-0.3, -0.25) is 4.79 Å². The number of halogens is 1. The van der Waals surface area contributed by atoms with Crippen molar-refractivity contribution < 1.29 is 24.1 Å². The summed E-state index contributed by atoms with van der Waals surface area (Å²) in [6.07, 6.45) is 9.45. The average molecular weight is 453 g/mol. The molecule has 1 aromatic carbocycles. The maximum atomic E-state index is 11.8. The van der Waals surface area contributed by atoms with Gasteiger partial charge in [0.25, 0.3) is 0 Å². The van der Waals surface area contributed by atoms with Crippen LogP contribution >= 0.6 is 15.9 Å². The van der Waals surface area contributed by atoms with Crippen LogP contribution in [-0.2, 0) is 20.7 Å². The summed E-state index contributed by atoms with van der Waals surface area (Å²) in [6, 6.07) is 5.58. The molecule has 154 valence electrons. The molecule has 5 nitrogen and oxygen atoms in total. The Balaban J connectivity index is 2.88. The van der Waals surface area contributed by atoms with Crippen molar-refractivity contribution in [3.63, 3.8) is 0 Å². The SMILES string of the molecule is CCC\C=C(/C=C/C=C(\O)COC)COc1cc(Br)ccc1CC(=O)OCC. The minimum atomic E-state index is -0.282. The van der Waals surface area contributed by atoms with Crippen LogP contribution < -0.4 is 4.74 Å². The largest absolute Gasteiger partial charge is 0.510 e. The fraction of sp³-hybridized carbons (Fsp3) is 0.409. The van der Waals surface area contributed by atoms with E-state index >= 15 is 0 Å². The summed E-state index contributed by atoms with van der Waals surface area (Å²) in [6.45, 7) is 4.76. The summed E-state index contributed by atoms with van der Waals surface area (Å²) in [5.41, 5.74) is 1.75. The Morgan fingerprint density at radius 1 is 1.25 bits per heavy atom. The number of allylic oxidation sites excluding steroid dienone is 3. The number of hydrogen-bond donors (Lipinski definition) is 1. The zero-order valence-corrected chi connectivity index (χ0v) is 18.3. The molecule has 0 spiro atoms. The molecule has 0 heterocycles. The van der Waals surface area contributed by atoms with Crippen molar-refractivity contribution in [1.82, 2.24) is 0 Å². The lowest BCUT2D eigenvalue weighted by Crippen LogP contribution is -2.10. The molecule has 1 rings (SSSR count). The van der Waals surface area contributed by atoms with Crippen LogP contribution in [0.4, 0.5) is 0 Å². The number of benzene rings is 1. The van der Waals surface area contributed by atoms with Crippen molar-refractivity contribution in [2.24, 2.45) is 0 Å². The van der Waals surface area contributed by atoms with Crippen LogP contribution in [0, 0.1) is 0 Å². The minimum absolute atomic E-state index is 0.151. The van der Waals surface area contributed by atoms with Gasteiger partial charge in [-0.2, -0.15) is 0 Å². The smallest absolute Gasteiger partial charge is 0.310 e. The standard InChI is InChI=1S/C22H29BrO5/c1-4-6-8-17(9-7-10-20(24)16-26-3)15-28-21-14-19(23)12-11-18(21)13-22(25)27-5-2/h7-12,14,24H,4-6,13,15-16H2,1-3H3/b9-7+,17-8+,20-10-. The predicted molar refractivity (Wildman–Crippen MR) is 115 cm³/mol. The van der Waals surface area contributed by atoms with E-state index in [1.165, 1.54) is 7.11 Å². The molecule has 0 saturated carbocycles. The Morgan fingerprint density at radius 3 is 2.71 bits per heavy atom. The number of esters is 1. The highest BCUT2D eigenvalue weighted by atomic mass is 79.9. The summed E-state index contributed by atoms with van der Waals surface area (Å²) in [5, 5.41) is 9.63. The number of aliphatic hydroxyl groups is 1. The second-order valence-electron chi connectivity index (χ2n) is 6.04. The summed E-state index contributed by atoms with van der Waals surface area (Å²) >= 11 is 3.44. The Labute approximate surface area is 175 Å². The van der Waals surface area contributed by atoms with Crippen LogP contribution in [0.15, 0.2) is 58.3 Å². The highest BCUT2D eigenvalue weighted by Crippen LogP contribution is 2.25. The summed E-state index contributed by atoms with van der Waals surface area (Å²) in [4.78, 5) is 11.8. The van der Waals surface area contributed by atoms with Gasteiger partial charge in [-0.05, 0) is 37.1 Å². The molecule has 1 aromatic rings. The first-order valence-electron chi connectivity index (χ1n) is 9.31. The molecule has 0 radical (unpaired) electrons. The van der Waals surface area contributed by atoms with E-state index in [2.05, 4.69) is 28.9 Å². The minimum Gasteiger partial charge on any atom is -0.510 e. The van der Waals surface area contributed by atoms with Gasteiger partial charge in [0.1, 0.15) is 24.7 Å². The summed E-state index contributed by atoms with van der Waals surface area (Å²) in [7, 11) is 1.53.